The second-order valence-electron chi connectivity index (χ2n) is 7.28. The van der Waals surface area contributed by atoms with E-state index in [-0.39, 0.29) is 29.3 Å². The normalized spacial score (nSPS) is 21.0. The number of sulfonamides is 1. The minimum Gasteiger partial charge on any atom is -0.345 e. The molecule has 7 nitrogen and oxygen atoms in total. The number of halogens is 1. The molecule has 1 unspecified atom stereocenters. The summed E-state index contributed by atoms with van der Waals surface area (Å²) in [5.41, 5.74) is 0.445. The molecule has 1 amide bonds. The van der Waals surface area contributed by atoms with Crippen LogP contribution in [0.4, 0.5) is 0 Å². The minimum atomic E-state index is -3.52. The summed E-state index contributed by atoms with van der Waals surface area (Å²) in [6.07, 6.45) is 6.27. The fraction of sp³-hybridized carbons (Fsp3) is 0.722. The van der Waals surface area contributed by atoms with E-state index >= 15 is 0 Å². The van der Waals surface area contributed by atoms with Crippen molar-refractivity contribution in [1.29, 1.82) is 0 Å². The summed E-state index contributed by atoms with van der Waals surface area (Å²) in [6.45, 7) is 5.59. The molecule has 27 heavy (non-hydrogen) atoms. The van der Waals surface area contributed by atoms with Gasteiger partial charge >= 0.3 is 0 Å². The largest absolute Gasteiger partial charge is 0.345 e. The molecule has 0 spiro atoms. The number of hydrogen-bond acceptors (Lipinski definition) is 4. The van der Waals surface area contributed by atoms with Crippen molar-refractivity contribution in [3.63, 3.8) is 0 Å². The number of nitrogens with zero attached hydrogens (tertiary/aromatic N) is 3. The molecule has 0 bridgehead atoms. The van der Waals surface area contributed by atoms with Gasteiger partial charge in [0.2, 0.25) is 10.0 Å². The Morgan fingerprint density at radius 1 is 1.30 bits per heavy atom. The van der Waals surface area contributed by atoms with Gasteiger partial charge in [0, 0.05) is 45.5 Å². The number of aryl methyl sites for hydroxylation is 1. The zero-order valence-electron chi connectivity index (χ0n) is 16.2. The van der Waals surface area contributed by atoms with Gasteiger partial charge in [-0.3, -0.25) is 4.79 Å². The summed E-state index contributed by atoms with van der Waals surface area (Å²) in [4.78, 5) is 15.3. The van der Waals surface area contributed by atoms with Gasteiger partial charge in [-0.05, 0) is 38.3 Å². The zero-order chi connectivity index (χ0) is 18.7. The maximum Gasteiger partial charge on any atom is 0.270 e. The van der Waals surface area contributed by atoms with Crippen LogP contribution < -0.4 is 5.32 Å². The molecule has 3 rings (SSSR count). The van der Waals surface area contributed by atoms with Crippen molar-refractivity contribution in [2.45, 2.75) is 50.0 Å². The number of amides is 1. The number of carbonyl (C=O) groups is 1. The van der Waals surface area contributed by atoms with Crippen LogP contribution in [0.15, 0.2) is 17.2 Å². The highest BCUT2D eigenvalue weighted by molar-refractivity contribution is 7.89. The summed E-state index contributed by atoms with van der Waals surface area (Å²) in [5, 5.41) is 3.30. The van der Waals surface area contributed by atoms with Crippen molar-refractivity contribution in [1.82, 2.24) is 19.1 Å². The quantitative estimate of drug-likeness (QED) is 0.764. The molecule has 2 saturated heterocycles. The molecule has 3 heterocycles. The molecule has 2 fully saturated rings. The summed E-state index contributed by atoms with van der Waals surface area (Å²) in [7, 11) is -1.78. The van der Waals surface area contributed by atoms with E-state index in [9.17, 15) is 13.2 Å². The van der Waals surface area contributed by atoms with Crippen LogP contribution in [-0.4, -0.2) is 66.9 Å². The second kappa shape index (κ2) is 9.41. The lowest BCUT2D eigenvalue weighted by Crippen LogP contribution is -2.42. The smallest absolute Gasteiger partial charge is 0.270 e. The Balaban J connectivity index is 0.00000261. The molecular formula is C18H31ClN4O3S. The first-order valence-corrected chi connectivity index (χ1v) is 11.1. The molecule has 9 heteroatoms. The molecule has 2 aliphatic rings. The zero-order valence-corrected chi connectivity index (χ0v) is 17.8. The number of piperidine rings is 1. The third-order valence-corrected chi connectivity index (χ3v) is 7.22. The SMILES string of the molecule is CCCN(C(=O)c1cc(S(=O)(=O)N2CCCCC2)cn1C)C1CCNC1.Cl. The van der Waals surface area contributed by atoms with Gasteiger partial charge in [0.25, 0.3) is 5.91 Å². The summed E-state index contributed by atoms with van der Waals surface area (Å²) >= 11 is 0. The van der Waals surface area contributed by atoms with Crippen LogP contribution in [0, 0.1) is 0 Å². The Bertz CT molecular complexity index is 738. The highest BCUT2D eigenvalue weighted by Gasteiger charge is 2.31. The van der Waals surface area contributed by atoms with Gasteiger partial charge in [-0.1, -0.05) is 13.3 Å². The summed E-state index contributed by atoms with van der Waals surface area (Å²) in [5.74, 6) is -0.0804. The van der Waals surface area contributed by atoms with Crippen LogP contribution in [0.2, 0.25) is 0 Å². The van der Waals surface area contributed by atoms with Crippen molar-refractivity contribution in [2.75, 3.05) is 32.7 Å². The predicted octanol–water partition coefficient (Wildman–Crippen LogP) is 1.84. The lowest BCUT2D eigenvalue weighted by Gasteiger charge is -2.28. The van der Waals surface area contributed by atoms with Crippen molar-refractivity contribution in [2.24, 2.45) is 7.05 Å². The first-order chi connectivity index (χ1) is 12.4. The molecule has 1 N–H and O–H groups in total. The maximum atomic E-state index is 13.1. The molecule has 0 aliphatic carbocycles. The van der Waals surface area contributed by atoms with Crippen LogP contribution in [0.25, 0.3) is 0 Å². The number of nitrogens with one attached hydrogen (secondary N) is 1. The first-order valence-electron chi connectivity index (χ1n) is 9.63. The summed E-state index contributed by atoms with van der Waals surface area (Å²) in [6, 6.07) is 1.73. The van der Waals surface area contributed by atoms with Gasteiger partial charge in [0.1, 0.15) is 10.6 Å². The summed E-state index contributed by atoms with van der Waals surface area (Å²) < 4.78 is 29.0. The number of carbonyl (C=O) groups excluding carboxylic acids is 1. The monoisotopic (exact) mass is 418 g/mol. The molecule has 0 saturated carbocycles. The van der Waals surface area contributed by atoms with Gasteiger partial charge in [0.05, 0.1) is 0 Å². The standard InChI is InChI=1S/C18H30N4O3S.ClH/c1-3-9-22(15-7-8-19-13-15)18(23)17-12-16(14-20(17)2)26(24,25)21-10-5-4-6-11-21;/h12,14-15,19H,3-11,13H2,1-2H3;1H. The van der Waals surface area contributed by atoms with E-state index in [1.54, 1.807) is 28.2 Å². The van der Waals surface area contributed by atoms with Crippen LogP contribution in [0.5, 0.6) is 0 Å². The van der Waals surface area contributed by atoms with Crippen LogP contribution in [0.3, 0.4) is 0 Å². The van der Waals surface area contributed by atoms with Crippen LogP contribution >= 0.6 is 12.4 Å². The Kier molecular flexibility index (Phi) is 7.73. The third kappa shape index (κ3) is 4.67. The van der Waals surface area contributed by atoms with Crippen molar-refractivity contribution < 1.29 is 13.2 Å². The van der Waals surface area contributed by atoms with E-state index < -0.39 is 10.0 Å². The minimum absolute atomic E-state index is 0. The van der Waals surface area contributed by atoms with Crippen molar-refractivity contribution in [3.05, 3.63) is 18.0 Å². The highest BCUT2D eigenvalue weighted by Crippen LogP contribution is 2.23. The Hall–Kier alpha value is -1.09. The molecule has 0 radical (unpaired) electrons. The maximum absolute atomic E-state index is 13.1. The molecule has 154 valence electrons. The van der Waals surface area contributed by atoms with Gasteiger partial charge in [-0.25, -0.2) is 8.42 Å². The third-order valence-electron chi connectivity index (χ3n) is 5.35. The van der Waals surface area contributed by atoms with Crippen LogP contribution in [-0.2, 0) is 17.1 Å². The highest BCUT2D eigenvalue weighted by atomic mass is 35.5. The Labute approximate surface area is 168 Å². The lowest BCUT2D eigenvalue weighted by molar-refractivity contribution is 0.0682. The topological polar surface area (TPSA) is 74.7 Å². The van der Waals surface area contributed by atoms with Crippen LogP contribution in [0.1, 0.15) is 49.5 Å². The number of rotatable bonds is 6. The molecule has 1 aromatic heterocycles. The number of hydrogen-bond donors (Lipinski definition) is 1. The van der Waals surface area contributed by atoms with Gasteiger partial charge in [-0.2, -0.15) is 4.31 Å². The second-order valence-corrected chi connectivity index (χ2v) is 9.22. The fourth-order valence-electron chi connectivity index (χ4n) is 3.89. The van der Waals surface area contributed by atoms with E-state index in [4.69, 9.17) is 0 Å². The van der Waals surface area contributed by atoms with Crippen molar-refractivity contribution in [3.8, 4) is 0 Å². The molecule has 0 aromatic carbocycles. The van der Waals surface area contributed by atoms with Gasteiger partial charge in [-0.15, -0.1) is 12.4 Å². The van der Waals surface area contributed by atoms with Crippen molar-refractivity contribution >= 4 is 28.3 Å². The van der Waals surface area contributed by atoms with Gasteiger partial charge in [0.15, 0.2) is 0 Å². The van der Waals surface area contributed by atoms with E-state index in [2.05, 4.69) is 12.2 Å². The predicted molar refractivity (Wildman–Crippen MR) is 108 cm³/mol. The molecular weight excluding hydrogens is 388 g/mol. The first kappa shape index (κ1) is 22.2. The molecule has 2 aliphatic heterocycles. The number of aromatic nitrogens is 1. The van der Waals surface area contributed by atoms with E-state index in [1.807, 2.05) is 4.90 Å². The average molecular weight is 419 g/mol. The lowest BCUT2D eigenvalue weighted by atomic mass is 10.2. The van der Waals surface area contributed by atoms with E-state index in [1.165, 1.54) is 0 Å². The fourth-order valence-corrected chi connectivity index (χ4v) is 5.47. The van der Waals surface area contributed by atoms with E-state index in [0.29, 0.717) is 25.3 Å². The average Bonchev–Trinajstić information content (AvgIpc) is 3.30. The Morgan fingerprint density at radius 2 is 2.00 bits per heavy atom. The Morgan fingerprint density at radius 3 is 2.59 bits per heavy atom. The molecule has 1 atom stereocenters. The molecule has 1 aromatic rings. The van der Waals surface area contributed by atoms with Gasteiger partial charge < -0.3 is 14.8 Å². The van der Waals surface area contributed by atoms with E-state index in [0.717, 1.165) is 45.2 Å².